The van der Waals surface area contributed by atoms with E-state index in [1.54, 1.807) is 0 Å². The second kappa shape index (κ2) is 6.14. The van der Waals surface area contributed by atoms with Crippen molar-refractivity contribution in [2.45, 2.75) is 67.5 Å². The molecular weight excluding hydrogens is 266 g/mol. The highest BCUT2D eigenvalue weighted by Crippen LogP contribution is 2.31. The van der Waals surface area contributed by atoms with Gasteiger partial charge in [-0.3, -0.25) is 0 Å². The Hall–Kier alpha value is 0.260. The maximum absolute atomic E-state index is 11.7. The highest BCUT2D eigenvalue weighted by molar-refractivity contribution is 7.99. The lowest BCUT2D eigenvalue weighted by molar-refractivity contribution is 0.339. The smallest absolute Gasteiger partial charge is 0.150 e. The van der Waals surface area contributed by atoms with Crippen molar-refractivity contribution in [1.82, 2.24) is 5.32 Å². The second-order valence-electron chi connectivity index (χ2n) is 5.79. The number of thioether (sulfide) groups is 1. The summed E-state index contributed by atoms with van der Waals surface area (Å²) in [4.78, 5) is 0. The largest absolute Gasteiger partial charge is 0.310 e. The summed E-state index contributed by atoms with van der Waals surface area (Å²) in [6.07, 6.45) is 11.3. The van der Waals surface area contributed by atoms with Crippen molar-refractivity contribution < 1.29 is 8.42 Å². The third-order valence-corrected chi connectivity index (χ3v) is 7.25. The Labute approximate surface area is 115 Å². The van der Waals surface area contributed by atoms with Gasteiger partial charge in [-0.25, -0.2) is 8.42 Å². The quantitative estimate of drug-likeness (QED) is 0.863. The molecule has 0 aliphatic heterocycles. The fourth-order valence-corrected chi connectivity index (χ4v) is 5.51. The van der Waals surface area contributed by atoms with E-state index in [-0.39, 0.29) is 5.25 Å². The van der Waals surface area contributed by atoms with E-state index < -0.39 is 9.84 Å². The lowest BCUT2D eigenvalue weighted by Crippen LogP contribution is -2.45. The Balaban J connectivity index is 1.90. The Morgan fingerprint density at radius 1 is 1.11 bits per heavy atom. The molecule has 1 N–H and O–H groups in total. The first kappa shape index (κ1) is 14.7. The van der Waals surface area contributed by atoms with E-state index >= 15 is 0 Å². The molecule has 0 spiro atoms. The summed E-state index contributed by atoms with van der Waals surface area (Å²) in [5.41, 5.74) is 0. The second-order valence-corrected chi connectivity index (χ2v) is 9.20. The van der Waals surface area contributed by atoms with Crippen LogP contribution in [0.3, 0.4) is 0 Å². The van der Waals surface area contributed by atoms with Crippen LogP contribution >= 0.6 is 11.8 Å². The number of nitrogens with one attached hydrogen (secondary N) is 1. The predicted octanol–water partition coefficient (Wildman–Crippen LogP) is 2.22. The van der Waals surface area contributed by atoms with Crippen LogP contribution in [0, 0.1) is 0 Å². The van der Waals surface area contributed by atoms with Crippen LogP contribution in [0.1, 0.15) is 44.9 Å². The van der Waals surface area contributed by atoms with E-state index in [0.29, 0.717) is 12.1 Å². The minimum Gasteiger partial charge on any atom is -0.310 e. The van der Waals surface area contributed by atoms with E-state index in [1.165, 1.54) is 25.5 Å². The van der Waals surface area contributed by atoms with Crippen molar-refractivity contribution in [3.05, 3.63) is 0 Å². The first-order valence-electron chi connectivity index (χ1n) is 6.98. The maximum atomic E-state index is 11.7. The average molecular weight is 291 g/mol. The lowest BCUT2D eigenvalue weighted by atomic mass is 9.94. The summed E-state index contributed by atoms with van der Waals surface area (Å²) < 4.78 is 23.3. The van der Waals surface area contributed by atoms with Gasteiger partial charge in [-0.15, -0.1) is 0 Å². The van der Waals surface area contributed by atoms with Gasteiger partial charge in [-0.2, -0.15) is 11.8 Å². The van der Waals surface area contributed by atoms with Crippen LogP contribution in [0.5, 0.6) is 0 Å². The SMILES string of the molecule is CSC1CCCC1NC1CCCC(S(C)(=O)=O)C1. The van der Waals surface area contributed by atoms with Gasteiger partial charge in [0.1, 0.15) is 9.84 Å². The molecule has 2 aliphatic carbocycles. The molecule has 0 radical (unpaired) electrons. The van der Waals surface area contributed by atoms with Gasteiger partial charge in [0, 0.05) is 23.6 Å². The molecule has 5 heteroatoms. The first-order valence-corrected chi connectivity index (χ1v) is 10.2. The zero-order valence-electron chi connectivity index (χ0n) is 11.4. The van der Waals surface area contributed by atoms with E-state index in [0.717, 1.165) is 30.9 Å². The Kier molecular flexibility index (Phi) is 5.00. The molecule has 0 aromatic carbocycles. The molecule has 0 bridgehead atoms. The van der Waals surface area contributed by atoms with Gasteiger partial charge in [0.2, 0.25) is 0 Å². The number of sulfone groups is 1. The van der Waals surface area contributed by atoms with Gasteiger partial charge in [-0.1, -0.05) is 12.8 Å². The molecular formula is C13H25NO2S2. The van der Waals surface area contributed by atoms with E-state index in [2.05, 4.69) is 11.6 Å². The fraction of sp³-hybridized carbons (Fsp3) is 1.00. The first-order chi connectivity index (χ1) is 8.50. The highest BCUT2D eigenvalue weighted by atomic mass is 32.2. The van der Waals surface area contributed by atoms with E-state index in [1.807, 2.05) is 11.8 Å². The van der Waals surface area contributed by atoms with Crippen LogP contribution in [-0.2, 0) is 9.84 Å². The van der Waals surface area contributed by atoms with Gasteiger partial charge in [0.05, 0.1) is 5.25 Å². The zero-order chi connectivity index (χ0) is 13.2. The summed E-state index contributed by atoms with van der Waals surface area (Å²) in [5.74, 6) is 0. The van der Waals surface area contributed by atoms with Crippen LogP contribution in [0.25, 0.3) is 0 Å². The molecule has 0 heterocycles. The molecule has 0 aromatic heterocycles. The zero-order valence-corrected chi connectivity index (χ0v) is 13.0. The Morgan fingerprint density at radius 2 is 1.83 bits per heavy atom. The summed E-state index contributed by atoms with van der Waals surface area (Å²) in [7, 11) is -2.86. The third kappa shape index (κ3) is 3.64. The third-order valence-electron chi connectivity index (χ3n) is 4.44. The predicted molar refractivity (Wildman–Crippen MR) is 79.0 cm³/mol. The van der Waals surface area contributed by atoms with Crippen molar-refractivity contribution in [1.29, 1.82) is 0 Å². The summed E-state index contributed by atoms with van der Waals surface area (Å²) in [5, 5.41) is 4.35. The van der Waals surface area contributed by atoms with Gasteiger partial charge in [0.25, 0.3) is 0 Å². The fourth-order valence-electron chi connectivity index (χ4n) is 3.39. The minimum absolute atomic E-state index is 0.113. The molecule has 4 unspecified atom stereocenters. The number of hydrogen-bond acceptors (Lipinski definition) is 4. The lowest BCUT2D eigenvalue weighted by Gasteiger charge is -2.32. The Morgan fingerprint density at radius 3 is 2.50 bits per heavy atom. The van der Waals surface area contributed by atoms with E-state index in [9.17, 15) is 8.42 Å². The molecule has 3 nitrogen and oxygen atoms in total. The minimum atomic E-state index is -2.86. The maximum Gasteiger partial charge on any atom is 0.150 e. The number of hydrogen-bond donors (Lipinski definition) is 1. The van der Waals surface area contributed by atoms with Crippen molar-refractivity contribution >= 4 is 21.6 Å². The standard InChI is InChI=1S/C13H25NO2S2/c1-17-13-8-4-7-12(13)14-10-5-3-6-11(9-10)18(2,15)16/h10-14H,3-9H2,1-2H3. The molecule has 0 aromatic rings. The van der Waals surface area contributed by atoms with Crippen molar-refractivity contribution in [2.24, 2.45) is 0 Å². The van der Waals surface area contributed by atoms with Gasteiger partial charge in [-0.05, 0) is 38.4 Å². The average Bonchev–Trinajstić information content (AvgIpc) is 2.75. The van der Waals surface area contributed by atoms with Crippen LogP contribution < -0.4 is 5.32 Å². The summed E-state index contributed by atoms with van der Waals surface area (Å²) in [6, 6.07) is 1.01. The molecule has 2 rings (SSSR count). The molecule has 106 valence electrons. The van der Waals surface area contributed by atoms with Crippen molar-refractivity contribution in [2.75, 3.05) is 12.5 Å². The highest BCUT2D eigenvalue weighted by Gasteiger charge is 2.33. The van der Waals surface area contributed by atoms with Crippen LogP contribution in [-0.4, -0.2) is 43.5 Å². The van der Waals surface area contributed by atoms with Crippen LogP contribution in [0.2, 0.25) is 0 Å². The number of rotatable bonds is 4. The van der Waals surface area contributed by atoms with E-state index in [4.69, 9.17) is 0 Å². The van der Waals surface area contributed by atoms with Crippen LogP contribution in [0.15, 0.2) is 0 Å². The monoisotopic (exact) mass is 291 g/mol. The molecule has 2 aliphatic rings. The molecule has 2 fully saturated rings. The summed E-state index contributed by atoms with van der Waals surface area (Å²) in [6.45, 7) is 0. The van der Waals surface area contributed by atoms with Gasteiger partial charge >= 0.3 is 0 Å². The van der Waals surface area contributed by atoms with Crippen molar-refractivity contribution in [3.63, 3.8) is 0 Å². The molecule has 2 saturated carbocycles. The Bertz CT molecular complexity index is 369. The summed E-state index contributed by atoms with van der Waals surface area (Å²) >= 11 is 1.95. The van der Waals surface area contributed by atoms with Gasteiger partial charge in [0.15, 0.2) is 0 Å². The molecule has 18 heavy (non-hydrogen) atoms. The van der Waals surface area contributed by atoms with Crippen molar-refractivity contribution in [3.8, 4) is 0 Å². The molecule has 4 atom stereocenters. The molecule has 0 amide bonds. The van der Waals surface area contributed by atoms with Gasteiger partial charge < -0.3 is 5.32 Å². The molecule has 0 saturated heterocycles. The topological polar surface area (TPSA) is 46.2 Å². The van der Waals surface area contributed by atoms with Crippen LogP contribution in [0.4, 0.5) is 0 Å². The normalized spacial score (nSPS) is 37.9.